The lowest BCUT2D eigenvalue weighted by molar-refractivity contribution is -0.0886. The lowest BCUT2D eigenvalue weighted by Gasteiger charge is -2.44. The second-order valence-corrected chi connectivity index (χ2v) is 11.6. The molecule has 3 saturated carbocycles. The molecule has 0 aromatic heterocycles. The Labute approximate surface area is 194 Å². The van der Waals surface area contributed by atoms with Crippen molar-refractivity contribution >= 4 is 0 Å². The van der Waals surface area contributed by atoms with Gasteiger partial charge in [0.05, 0.1) is 17.8 Å². The van der Waals surface area contributed by atoms with Crippen molar-refractivity contribution < 1.29 is 20.4 Å². The number of rotatable bonds is 5. The van der Waals surface area contributed by atoms with E-state index in [0.717, 1.165) is 24.0 Å². The van der Waals surface area contributed by atoms with Crippen LogP contribution < -0.4 is 0 Å². The molecule has 0 aliphatic heterocycles. The van der Waals surface area contributed by atoms with Crippen LogP contribution in [0.3, 0.4) is 0 Å². The average Bonchev–Trinajstić information content (AvgIpc) is 3.04. The summed E-state index contributed by atoms with van der Waals surface area (Å²) < 4.78 is 0. The molecule has 3 aliphatic rings. The van der Waals surface area contributed by atoms with Gasteiger partial charge in [0.2, 0.25) is 0 Å². The van der Waals surface area contributed by atoms with Crippen molar-refractivity contribution in [3.05, 3.63) is 47.6 Å². The van der Waals surface area contributed by atoms with Gasteiger partial charge in [-0.25, -0.2) is 0 Å². The molecule has 32 heavy (non-hydrogen) atoms. The maximum atomic E-state index is 10.6. The van der Waals surface area contributed by atoms with E-state index < -0.39 is 23.4 Å². The second kappa shape index (κ2) is 9.21. The zero-order valence-corrected chi connectivity index (χ0v) is 20.6. The molecule has 0 saturated heterocycles. The predicted octanol–water partition coefficient (Wildman–Crippen LogP) is 4.84. The van der Waals surface area contributed by atoms with Crippen LogP contribution in [0.5, 0.6) is 0 Å². The monoisotopic (exact) mass is 444 g/mol. The first-order chi connectivity index (χ1) is 14.8. The Bertz CT molecular complexity index is 797. The third kappa shape index (κ3) is 4.99. The summed E-state index contributed by atoms with van der Waals surface area (Å²) in [6.07, 6.45) is 13.8. The zero-order valence-electron chi connectivity index (χ0n) is 20.6. The van der Waals surface area contributed by atoms with Crippen LogP contribution in [0, 0.1) is 23.2 Å². The van der Waals surface area contributed by atoms with Crippen molar-refractivity contribution in [1.29, 1.82) is 0 Å². The molecule has 0 aromatic rings. The number of allylic oxidation sites excluding steroid dienone is 4. The van der Waals surface area contributed by atoms with Crippen LogP contribution in [0.2, 0.25) is 0 Å². The fraction of sp³-hybridized carbons (Fsp3) is 0.714. The zero-order chi connectivity index (χ0) is 23.9. The number of aliphatic hydroxyl groups is 4. The van der Waals surface area contributed by atoms with Gasteiger partial charge in [-0.2, -0.15) is 0 Å². The first kappa shape index (κ1) is 25.4. The van der Waals surface area contributed by atoms with Crippen LogP contribution in [-0.4, -0.2) is 43.8 Å². The van der Waals surface area contributed by atoms with Gasteiger partial charge in [0, 0.05) is 6.42 Å². The Kier molecular flexibility index (Phi) is 7.32. The lowest BCUT2D eigenvalue weighted by Crippen LogP contribution is -2.46. The molecule has 0 spiro atoms. The minimum atomic E-state index is -1.26. The summed E-state index contributed by atoms with van der Waals surface area (Å²) in [7, 11) is 0. The predicted molar refractivity (Wildman–Crippen MR) is 130 cm³/mol. The highest BCUT2D eigenvalue weighted by Gasteiger charge is 2.50. The van der Waals surface area contributed by atoms with Gasteiger partial charge in [0.1, 0.15) is 5.60 Å². The second-order valence-electron chi connectivity index (χ2n) is 11.6. The molecular formula is C28H44O4. The quantitative estimate of drug-likeness (QED) is 0.457. The van der Waals surface area contributed by atoms with E-state index in [1.54, 1.807) is 26.8 Å². The van der Waals surface area contributed by atoms with Crippen LogP contribution in [-0.2, 0) is 0 Å². The van der Waals surface area contributed by atoms with Gasteiger partial charge < -0.3 is 20.4 Å². The summed E-state index contributed by atoms with van der Waals surface area (Å²) in [5, 5.41) is 41.1. The molecule has 3 fully saturated rings. The molecule has 0 radical (unpaired) electrons. The van der Waals surface area contributed by atoms with E-state index in [9.17, 15) is 20.4 Å². The molecule has 0 bridgehead atoms. The Morgan fingerprint density at radius 3 is 2.47 bits per heavy atom. The van der Waals surface area contributed by atoms with Gasteiger partial charge in [-0.1, -0.05) is 50.3 Å². The average molecular weight is 445 g/mol. The molecule has 0 amide bonds. The number of aliphatic hydroxyl groups excluding tert-OH is 2. The Morgan fingerprint density at radius 2 is 1.81 bits per heavy atom. The fourth-order valence-corrected chi connectivity index (χ4v) is 6.29. The fourth-order valence-electron chi connectivity index (χ4n) is 6.29. The van der Waals surface area contributed by atoms with Crippen molar-refractivity contribution in [2.75, 3.05) is 0 Å². The normalized spacial score (nSPS) is 39.5. The molecular weight excluding hydrogens is 400 g/mol. The number of hydrogen-bond acceptors (Lipinski definition) is 4. The molecule has 0 heterocycles. The van der Waals surface area contributed by atoms with Crippen molar-refractivity contribution in [3.8, 4) is 0 Å². The van der Waals surface area contributed by atoms with E-state index in [-0.39, 0.29) is 5.41 Å². The summed E-state index contributed by atoms with van der Waals surface area (Å²) in [6.45, 7) is 13.7. The van der Waals surface area contributed by atoms with Gasteiger partial charge in [-0.15, -0.1) is 0 Å². The maximum Gasteiger partial charge on any atom is 0.108 e. The van der Waals surface area contributed by atoms with E-state index in [1.807, 2.05) is 0 Å². The highest BCUT2D eigenvalue weighted by Crippen LogP contribution is 2.59. The molecule has 3 aliphatic carbocycles. The van der Waals surface area contributed by atoms with Crippen LogP contribution in [0.25, 0.3) is 0 Å². The van der Waals surface area contributed by atoms with Crippen LogP contribution in [0.4, 0.5) is 0 Å². The molecule has 180 valence electrons. The minimum absolute atomic E-state index is 0.218. The highest BCUT2D eigenvalue weighted by atomic mass is 16.3. The van der Waals surface area contributed by atoms with Crippen molar-refractivity contribution in [3.63, 3.8) is 0 Å². The summed E-state index contributed by atoms with van der Waals surface area (Å²) in [4.78, 5) is 0. The molecule has 7 unspecified atom stereocenters. The Balaban J connectivity index is 1.78. The minimum Gasteiger partial charge on any atom is -0.393 e. The van der Waals surface area contributed by atoms with Crippen molar-refractivity contribution in [1.82, 2.24) is 0 Å². The van der Waals surface area contributed by atoms with E-state index in [0.29, 0.717) is 30.6 Å². The van der Waals surface area contributed by atoms with Gasteiger partial charge in [0.15, 0.2) is 0 Å². The largest absolute Gasteiger partial charge is 0.393 e. The number of fused-ring (bicyclic) bond motifs is 1. The van der Waals surface area contributed by atoms with Crippen molar-refractivity contribution in [2.45, 2.75) is 103 Å². The van der Waals surface area contributed by atoms with Crippen molar-refractivity contribution in [2.24, 2.45) is 23.2 Å². The van der Waals surface area contributed by atoms with Gasteiger partial charge >= 0.3 is 0 Å². The molecule has 4 nitrogen and oxygen atoms in total. The molecule has 3 rings (SSSR count). The van der Waals surface area contributed by atoms with Crippen LogP contribution >= 0.6 is 0 Å². The molecule has 4 N–H and O–H groups in total. The Hall–Kier alpha value is -1.20. The van der Waals surface area contributed by atoms with Crippen LogP contribution in [0.1, 0.15) is 79.6 Å². The third-order valence-corrected chi connectivity index (χ3v) is 8.90. The summed E-state index contributed by atoms with van der Waals surface area (Å²) in [5.41, 5.74) is 0.958. The van der Waals surface area contributed by atoms with Gasteiger partial charge in [-0.05, 0) is 93.6 Å². The SMILES string of the molecule is C=C1C(=CC=C2CCCC3(C)C2CCC3C(C)C=CC(C)(O)C(C)(C)O)CC(O)CC1O. The van der Waals surface area contributed by atoms with E-state index in [2.05, 4.69) is 38.7 Å². The topological polar surface area (TPSA) is 80.9 Å². The molecule has 0 aromatic carbocycles. The third-order valence-electron chi connectivity index (χ3n) is 8.90. The smallest absolute Gasteiger partial charge is 0.108 e. The number of hydrogen-bond donors (Lipinski definition) is 4. The first-order valence-corrected chi connectivity index (χ1v) is 12.4. The van der Waals surface area contributed by atoms with Gasteiger partial charge in [-0.3, -0.25) is 0 Å². The lowest BCUT2D eigenvalue weighted by atomic mass is 9.61. The van der Waals surface area contributed by atoms with E-state index >= 15 is 0 Å². The Morgan fingerprint density at radius 1 is 1.12 bits per heavy atom. The maximum absolute atomic E-state index is 10.6. The molecule has 7 atom stereocenters. The van der Waals surface area contributed by atoms with E-state index in [4.69, 9.17) is 0 Å². The molecule has 4 heteroatoms. The summed E-state index contributed by atoms with van der Waals surface area (Å²) in [6, 6.07) is 0. The summed E-state index contributed by atoms with van der Waals surface area (Å²) in [5.74, 6) is 1.39. The van der Waals surface area contributed by atoms with Gasteiger partial charge in [0.25, 0.3) is 0 Å². The first-order valence-electron chi connectivity index (χ1n) is 12.4. The standard InChI is InChI=1S/C28H44O4/c1-18(13-15-28(6,32)26(3,4)31)23-11-12-24-20(8-7-14-27(23,24)5)9-10-21-16-22(29)17-25(30)19(21)2/h9-10,13,15,18,22-25,29-32H,2,7-8,11-12,14,16-17H2,1,3-6H3. The van der Waals surface area contributed by atoms with E-state index in [1.165, 1.54) is 24.8 Å². The van der Waals surface area contributed by atoms with Crippen LogP contribution in [0.15, 0.2) is 47.6 Å². The summed E-state index contributed by atoms with van der Waals surface area (Å²) >= 11 is 0. The highest BCUT2D eigenvalue weighted by molar-refractivity contribution is 5.38.